The summed E-state index contributed by atoms with van der Waals surface area (Å²) in [6.45, 7) is 0.267. The SMILES string of the molecule is COc1cc(C=Nc2sc3c(c2C(=O)Nc2ccccc2)CCCC3)cc(Br)c1OCc1ccc(F)cc1. The third-order valence-corrected chi connectivity index (χ3v) is 8.08. The van der Waals surface area contributed by atoms with E-state index < -0.39 is 0 Å². The van der Waals surface area contributed by atoms with E-state index in [2.05, 4.69) is 21.2 Å². The highest BCUT2D eigenvalue weighted by molar-refractivity contribution is 9.10. The fraction of sp³-hybridized carbons (Fsp3) is 0.200. The molecule has 1 aromatic heterocycles. The van der Waals surface area contributed by atoms with E-state index in [1.54, 1.807) is 36.8 Å². The highest BCUT2D eigenvalue weighted by atomic mass is 79.9. The maximum absolute atomic E-state index is 13.3. The van der Waals surface area contributed by atoms with E-state index in [4.69, 9.17) is 14.5 Å². The third kappa shape index (κ3) is 5.97. The van der Waals surface area contributed by atoms with Gasteiger partial charge in [-0.3, -0.25) is 4.79 Å². The second-order valence-corrected chi connectivity index (χ2v) is 10.9. The first-order valence-electron chi connectivity index (χ1n) is 12.3. The molecular formula is C30H26BrFN2O3S. The Kier molecular flexibility index (Phi) is 8.20. The van der Waals surface area contributed by atoms with Crippen LogP contribution in [0, 0.1) is 5.82 Å². The van der Waals surface area contributed by atoms with Crippen LogP contribution < -0.4 is 14.8 Å². The summed E-state index contributed by atoms with van der Waals surface area (Å²) in [5.74, 6) is 0.661. The molecule has 0 saturated carbocycles. The average Bonchev–Trinajstić information content (AvgIpc) is 3.31. The monoisotopic (exact) mass is 592 g/mol. The molecule has 5 rings (SSSR count). The van der Waals surface area contributed by atoms with Gasteiger partial charge >= 0.3 is 0 Å². The molecule has 1 N–H and O–H groups in total. The maximum atomic E-state index is 13.3. The van der Waals surface area contributed by atoms with Gasteiger partial charge < -0.3 is 14.8 Å². The molecule has 4 aromatic rings. The van der Waals surface area contributed by atoms with E-state index >= 15 is 0 Å². The number of hydrogen-bond acceptors (Lipinski definition) is 5. The number of methoxy groups -OCH3 is 1. The Balaban J connectivity index is 1.40. The zero-order chi connectivity index (χ0) is 26.5. The second kappa shape index (κ2) is 11.9. The summed E-state index contributed by atoms with van der Waals surface area (Å²) in [7, 11) is 1.58. The van der Waals surface area contributed by atoms with Gasteiger partial charge in [-0.05, 0) is 94.7 Å². The Labute approximate surface area is 233 Å². The van der Waals surface area contributed by atoms with E-state index in [0.29, 0.717) is 26.5 Å². The molecule has 5 nitrogen and oxygen atoms in total. The number of fused-ring (bicyclic) bond motifs is 1. The maximum Gasteiger partial charge on any atom is 0.259 e. The zero-order valence-electron chi connectivity index (χ0n) is 20.8. The van der Waals surface area contributed by atoms with Crippen molar-refractivity contribution in [3.63, 3.8) is 0 Å². The van der Waals surface area contributed by atoms with Crippen LogP contribution >= 0.6 is 27.3 Å². The summed E-state index contributed by atoms with van der Waals surface area (Å²) in [6, 6.07) is 19.4. The van der Waals surface area contributed by atoms with Gasteiger partial charge in [0.25, 0.3) is 5.91 Å². The van der Waals surface area contributed by atoms with Crippen molar-refractivity contribution >= 4 is 50.1 Å². The molecule has 38 heavy (non-hydrogen) atoms. The average molecular weight is 594 g/mol. The van der Waals surface area contributed by atoms with Crippen molar-refractivity contribution in [1.29, 1.82) is 0 Å². The van der Waals surface area contributed by atoms with Gasteiger partial charge in [0.2, 0.25) is 0 Å². The standard InChI is InChI=1S/C30H26BrFN2O3S/c1-36-25-16-20(15-24(31)28(25)37-18-19-11-13-21(32)14-12-19)17-33-30-27(23-9-5-6-10-26(23)38-30)29(35)34-22-7-3-2-4-8-22/h2-4,7-8,11-17H,5-6,9-10,18H2,1H3,(H,34,35). The minimum Gasteiger partial charge on any atom is -0.493 e. The van der Waals surface area contributed by atoms with Gasteiger partial charge in [-0.25, -0.2) is 9.38 Å². The fourth-order valence-electron chi connectivity index (χ4n) is 4.42. The molecule has 0 saturated heterocycles. The highest BCUT2D eigenvalue weighted by Gasteiger charge is 2.25. The molecule has 0 aliphatic heterocycles. The van der Waals surface area contributed by atoms with Crippen molar-refractivity contribution in [2.45, 2.75) is 32.3 Å². The van der Waals surface area contributed by atoms with Crippen LogP contribution in [0.3, 0.4) is 0 Å². The predicted octanol–water partition coefficient (Wildman–Crippen LogP) is 8.12. The van der Waals surface area contributed by atoms with E-state index in [-0.39, 0.29) is 18.3 Å². The molecule has 0 bridgehead atoms. The molecule has 0 radical (unpaired) electrons. The summed E-state index contributed by atoms with van der Waals surface area (Å²) in [6.07, 6.45) is 5.80. The molecule has 8 heteroatoms. The molecular weight excluding hydrogens is 567 g/mol. The zero-order valence-corrected chi connectivity index (χ0v) is 23.2. The Bertz CT molecular complexity index is 1470. The number of nitrogens with zero attached hydrogens (tertiary/aromatic N) is 1. The fourth-order valence-corrected chi connectivity index (χ4v) is 6.22. The number of para-hydroxylation sites is 1. The van der Waals surface area contributed by atoms with Crippen molar-refractivity contribution < 1.29 is 18.7 Å². The van der Waals surface area contributed by atoms with Gasteiger partial charge in [0.05, 0.1) is 17.1 Å². The van der Waals surface area contributed by atoms with Crippen molar-refractivity contribution in [3.05, 3.63) is 104 Å². The first kappa shape index (κ1) is 26.1. The predicted molar refractivity (Wildman–Crippen MR) is 154 cm³/mol. The molecule has 194 valence electrons. The molecule has 1 heterocycles. The van der Waals surface area contributed by atoms with E-state index in [1.807, 2.05) is 42.5 Å². The van der Waals surface area contributed by atoms with Crippen LogP contribution in [0.1, 0.15) is 44.8 Å². The second-order valence-electron chi connectivity index (χ2n) is 8.92. The summed E-state index contributed by atoms with van der Waals surface area (Å²) < 4.78 is 25.5. The lowest BCUT2D eigenvalue weighted by molar-refractivity contribution is 0.102. The van der Waals surface area contributed by atoms with Crippen LogP contribution in [-0.2, 0) is 19.4 Å². The summed E-state index contributed by atoms with van der Waals surface area (Å²) in [4.78, 5) is 19.4. The minimum absolute atomic E-state index is 0.133. The Morgan fingerprint density at radius 2 is 1.87 bits per heavy atom. The first-order valence-corrected chi connectivity index (χ1v) is 13.9. The van der Waals surface area contributed by atoms with Crippen LogP contribution in [0.4, 0.5) is 15.1 Å². The third-order valence-electron chi connectivity index (χ3n) is 6.29. The summed E-state index contributed by atoms with van der Waals surface area (Å²) in [5, 5.41) is 3.73. The number of hydrogen-bond donors (Lipinski definition) is 1. The molecule has 0 atom stereocenters. The minimum atomic E-state index is -0.288. The molecule has 1 amide bonds. The lowest BCUT2D eigenvalue weighted by Crippen LogP contribution is -2.14. The van der Waals surface area contributed by atoms with Crippen molar-refractivity contribution in [3.8, 4) is 11.5 Å². The molecule has 0 spiro atoms. The Hall–Kier alpha value is -3.49. The van der Waals surface area contributed by atoms with Gasteiger partial charge in [0.1, 0.15) is 17.4 Å². The van der Waals surface area contributed by atoms with Crippen LogP contribution in [0.2, 0.25) is 0 Å². The largest absolute Gasteiger partial charge is 0.493 e. The molecule has 3 aromatic carbocycles. The summed E-state index contributed by atoms with van der Waals surface area (Å²) in [5.41, 5.74) is 4.17. The van der Waals surface area contributed by atoms with Crippen LogP contribution in [0.25, 0.3) is 0 Å². The molecule has 1 aliphatic carbocycles. The van der Waals surface area contributed by atoms with Crippen molar-refractivity contribution in [2.75, 3.05) is 12.4 Å². The van der Waals surface area contributed by atoms with Gasteiger partial charge in [-0.2, -0.15) is 0 Å². The van der Waals surface area contributed by atoms with Crippen molar-refractivity contribution in [1.82, 2.24) is 0 Å². The van der Waals surface area contributed by atoms with Gasteiger partial charge in [0, 0.05) is 16.8 Å². The van der Waals surface area contributed by atoms with Crippen LogP contribution in [-0.4, -0.2) is 19.2 Å². The highest BCUT2D eigenvalue weighted by Crippen LogP contribution is 2.41. The number of nitrogens with one attached hydrogen (secondary N) is 1. The van der Waals surface area contributed by atoms with Crippen LogP contribution in [0.15, 0.2) is 76.2 Å². The lowest BCUT2D eigenvalue weighted by atomic mass is 9.95. The Morgan fingerprint density at radius 3 is 2.63 bits per heavy atom. The number of aryl methyl sites for hydroxylation is 1. The van der Waals surface area contributed by atoms with E-state index in [1.165, 1.54) is 17.0 Å². The van der Waals surface area contributed by atoms with E-state index in [9.17, 15) is 9.18 Å². The number of aliphatic imine (C=N–C) groups is 1. The normalized spacial score (nSPS) is 12.8. The molecule has 1 aliphatic rings. The number of amides is 1. The van der Waals surface area contributed by atoms with Crippen LogP contribution in [0.5, 0.6) is 11.5 Å². The number of ether oxygens (including phenoxy) is 2. The number of thiophene rings is 1. The topological polar surface area (TPSA) is 59.9 Å². The van der Waals surface area contributed by atoms with Gasteiger partial charge in [0.15, 0.2) is 11.5 Å². The van der Waals surface area contributed by atoms with Crippen molar-refractivity contribution in [2.24, 2.45) is 4.99 Å². The number of carbonyl (C=O) groups excluding carboxylic acids is 1. The molecule has 0 unspecified atom stereocenters. The quantitative estimate of drug-likeness (QED) is 0.210. The number of anilines is 1. The number of carbonyl (C=O) groups is 1. The lowest BCUT2D eigenvalue weighted by Gasteiger charge is -2.13. The van der Waals surface area contributed by atoms with Gasteiger partial charge in [-0.15, -0.1) is 11.3 Å². The number of benzene rings is 3. The number of halogens is 2. The van der Waals surface area contributed by atoms with Gasteiger partial charge in [-0.1, -0.05) is 30.3 Å². The Morgan fingerprint density at radius 1 is 1.11 bits per heavy atom. The number of rotatable bonds is 8. The van der Waals surface area contributed by atoms with E-state index in [0.717, 1.165) is 48.1 Å². The first-order chi connectivity index (χ1) is 18.5. The molecule has 0 fully saturated rings. The smallest absolute Gasteiger partial charge is 0.259 e. The summed E-state index contributed by atoms with van der Waals surface area (Å²) >= 11 is 5.17.